The lowest BCUT2D eigenvalue weighted by atomic mass is 10.1. The van der Waals surface area contributed by atoms with Gasteiger partial charge in [-0.2, -0.15) is 5.10 Å². The van der Waals surface area contributed by atoms with Crippen LogP contribution in [-0.2, 0) is 11.0 Å². The van der Waals surface area contributed by atoms with E-state index in [1.807, 2.05) is 0 Å². The molecule has 22 heavy (non-hydrogen) atoms. The third-order valence-electron chi connectivity index (χ3n) is 3.51. The number of nitrogens with zero attached hydrogens (tertiary/aromatic N) is 3. The molecule has 0 aromatic carbocycles. The van der Waals surface area contributed by atoms with E-state index in [1.165, 1.54) is 17.4 Å². The van der Waals surface area contributed by atoms with E-state index in [0.29, 0.717) is 11.3 Å². The second-order valence-corrected chi connectivity index (χ2v) is 8.25. The van der Waals surface area contributed by atoms with Crippen LogP contribution in [0.1, 0.15) is 49.0 Å². The second kappa shape index (κ2) is 7.59. The van der Waals surface area contributed by atoms with E-state index < -0.39 is 12.6 Å². The molecule has 0 aliphatic heterocycles. The van der Waals surface area contributed by atoms with Gasteiger partial charge in [-0.1, -0.05) is 26.2 Å². The van der Waals surface area contributed by atoms with Gasteiger partial charge in [0.1, 0.15) is 4.99 Å². The monoisotopic (exact) mass is 343 g/mol. The quantitative estimate of drug-likeness (QED) is 0.564. The van der Waals surface area contributed by atoms with E-state index in [1.54, 1.807) is 24.6 Å². The van der Waals surface area contributed by atoms with E-state index >= 15 is 0 Å². The molecule has 2 rings (SSSR count). The molecule has 1 unspecified atom stereocenters. The molecule has 1 atom stereocenters. The van der Waals surface area contributed by atoms with Crippen LogP contribution >= 0.6 is 19.4 Å². The molecule has 0 aliphatic rings. The van der Waals surface area contributed by atoms with Crippen molar-refractivity contribution in [1.82, 2.24) is 14.6 Å². The van der Waals surface area contributed by atoms with Gasteiger partial charge in [-0.05, 0) is 25.2 Å². The van der Waals surface area contributed by atoms with Crippen molar-refractivity contribution >= 4 is 25.0 Å². The fourth-order valence-electron chi connectivity index (χ4n) is 2.46. The van der Waals surface area contributed by atoms with Crippen LogP contribution < -0.4 is 0 Å². The first-order chi connectivity index (χ1) is 10.5. The first kappa shape index (κ1) is 17.5. The summed E-state index contributed by atoms with van der Waals surface area (Å²) in [4.78, 5) is 22.8. The minimum Gasteiger partial charge on any atom is -0.323 e. The summed E-state index contributed by atoms with van der Waals surface area (Å²) >= 11 is 1.14. The molecule has 0 spiro atoms. The number of hydrogen-bond donors (Lipinski definition) is 2. The zero-order valence-corrected chi connectivity index (χ0v) is 14.6. The topological polar surface area (TPSA) is 87.7 Å². The van der Waals surface area contributed by atoms with E-state index in [2.05, 4.69) is 17.0 Å². The lowest BCUT2D eigenvalue weighted by Crippen LogP contribution is -2.07. The summed E-state index contributed by atoms with van der Waals surface area (Å²) in [5, 5.41) is 4.15. The minimum absolute atomic E-state index is 0.515. The predicted molar refractivity (Wildman–Crippen MR) is 89.1 cm³/mol. The Balaban J connectivity index is 2.35. The van der Waals surface area contributed by atoms with Crippen molar-refractivity contribution in [3.05, 3.63) is 29.7 Å². The first-order valence-corrected chi connectivity index (χ1v) is 10.4. The Morgan fingerprint density at radius 3 is 2.77 bits per heavy atom. The second-order valence-electron chi connectivity index (χ2n) is 5.26. The van der Waals surface area contributed by atoms with Crippen LogP contribution in [0.2, 0.25) is 0 Å². The summed E-state index contributed by atoms with van der Waals surface area (Å²) < 4.78 is 13.3. The first-order valence-electron chi connectivity index (χ1n) is 7.39. The molecule has 0 saturated carbocycles. The number of aryl methyl sites for hydroxylation is 1. The van der Waals surface area contributed by atoms with E-state index in [0.717, 1.165) is 36.7 Å². The Hall–Kier alpha value is -0.880. The van der Waals surface area contributed by atoms with E-state index in [4.69, 9.17) is 0 Å². The van der Waals surface area contributed by atoms with Crippen LogP contribution in [-0.4, -0.2) is 30.6 Å². The van der Waals surface area contributed by atoms with Crippen LogP contribution in [0.25, 0.3) is 5.65 Å². The molecule has 0 saturated heterocycles. The van der Waals surface area contributed by atoms with Gasteiger partial charge in [0.25, 0.3) is 0 Å². The maximum Gasteiger partial charge on any atom is 0.344 e. The number of thioether (sulfide) groups is 1. The SMILES string of the molecule is CCCCCCc1cc(C(SC)P(=O)(O)O)n2nccc2n1. The molecule has 0 amide bonds. The molecular weight excluding hydrogens is 321 g/mol. The maximum atomic E-state index is 11.8. The van der Waals surface area contributed by atoms with Crippen LogP contribution in [0.4, 0.5) is 0 Å². The third kappa shape index (κ3) is 4.10. The van der Waals surface area contributed by atoms with Crippen molar-refractivity contribution in [2.75, 3.05) is 6.26 Å². The summed E-state index contributed by atoms with van der Waals surface area (Å²) in [7, 11) is -4.26. The van der Waals surface area contributed by atoms with Crippen LogP contribution in [0.3, 0.4) is 0 Å². The predicted octanol–water partition coefficient (Wildman–Crippen LogP) is 3.39. The molecular formula is C14H22N3O3PS. The molecule has 0 fully saturated rings. The van der Waals surface area contributed by atoms with Gasteiger partial charge >= 0.3 is 7.60 Å². The van der Waals surface area contributed by atoms with Gasteiger partial charge < -0.3 is 9.79 Å². The molecule has 6 nitrogen and oxygen atoms in total. The fourth-order valence-corrected chi connectivity index (χ4v) is 4.49. The average Bonchev–Trinajstić information content (AvgIpc) is 2.91. The van der Waals surface area contributed by atoms with Crippen molar-refractivity contribution in [1.29, 1.82) is 0 Å². The molecule has 2 aromatic rings. The molecule has 122 valence electrons. The number of aromatic nitrogens is 3. The summed E-state index contributed by atoms with van der Waals surface area (Å²) in [6, 6.07) is 3.54. The highest BCUT2D eigenvalue weighted by Gasteiger charge is 2.32. The normalized spacial score (nSPS) is 13.6. The largest absolute Gasteiger partial charge is 0.344 e. The fraction of sp³-hybridized carbons (Fsp3) is 0.571. The number of unbranched alkanes of at least 4 members (excludes halogenated alkanes) is 3. The van der Waals surface area contributed by atoms with Gasteiger partial charge in [-0.3, -0.25) is 4.57 Å². The molecule has 2 heterocycles. The van der Waals surface area contributed by atoms with E-state index in [-0.39, 0.29) is 0 Å². The summed E-state index contributed by atoms with van der Waals surface area (Å²) in [5.41, 5.74) is 2.02. The van der Waals surface area contributed by atoms with Crippen molar-refractivity contribution < 1.29 is 14.4 Å². The van der Waals surface area contributed by atoms with Gasteiger partial charge in [-0.25, -0.2) is 9.50 Å². The molecule has 8 heteroatoms. The Morgan fingerprint density at radius 2 is 2.14 bits per heavy atom. The summed E-state index contributed by atoms with van der Waals surface area (Å²) in [6.07, 6.45) is 8.65. The zero-order valence-electron chi connectivity index (χ0n) is 12.8. The zero-order chi connectivity index (χ0) is 16.2. The minimum atomic E-state index is -4.26. The Labute approximate surface area is 134 Å². The highest BCUT2D eigenvalue weighted by atomic mass is 32.2. The average molecular weight is 343 g/mol. The van der Waals surface area contributed by atoms with Gasteiger partial charge in [0.15, 0.2) is 5.65 Å². The lowest BCUT2D eigenvalue weighted by molar-refractivity contribution is 0.369. The lowest BCUT2D eigenvalue weighted by Gasteiger charge is -2.18. The Kier molecular flexibility index (Phi) is 6.03. The molecule has 0 aliphatic carbocycles. The third-order valence-corrected chi connectivity index (χ3v) is 6.53. The van der Waals surface area contributed by atoms with Crippen LogP contribution in [0.15, 0.2) is 18.3 Å². The molecule has 0 bridgehead atoms. The smallest absolute Gasteiger partial charge is 0.323 e. The maximum absolute atomic E-state index is 11.8. The standard InChI is InChI=1S/C14H22N3O3PS/c1-3-4-5-6-7-11-10-12(14(22-2)21(18,19)20)17-13(16-11)8-9-15-17/h8-10,14H,3-7H2,1-2H3,(H2,18,19,20). The van der Waals surface area contributed by atoms with Crippen LogP contribution in [0.5, 0.6) is 0 Å². The molecule has 2 aromatic heterocycles. The van der Waals surface area contributed by atoms with E-state index in [9.17, 15) is 14.4 Å². The highest BCUT2D eigenvalue weighted by molar-refractivity contribution is 8.04. The Bertz CT molecular complexity index is 670. The van der Waals surface area contributed by atoms with Crippen molar-refractivity contribution in [2.45, 2.75) is 44.0 Å². The van der Waals surface area contributed by atoms with Crippen molar-refractivity contribution in [3.8, 4) is 0 Å². The number of fused-ring (bicyclic) bond motifs is 1. The molecule has 0 radical (unpaired) electrons. The summed E-state index contributed by atoms with van der Waals surface area (Å²) in [6.45, 7) is 2.16. The van der Waals surface area contributed by atoms with Gasteiger partial charge in [-0.15, -0.1) is 11.8 Å². The highest BCUT2D eigenvalue weighted by Crippen LogP contribution is 2.57. The van der Waals surface area contributed by atoms with Gasteiger partial charge in [0, 0.05) is 11.8 Å². The van der Waals surface area contributed by atoms with Gasteiger partial charge in [0.2, 0.25) is 0 Å². The molecule has 2 N–H and O–H groups in total. The van der Waals surface area contributed by atoms with Crippen molar-refractivity contribution in [3.63, 3.8) is 0 Å². The number of hydrogen-bond acceptors (Lipinski definition) is 4. The van der Waals surface area contributed by atoms with Crippen molar-refractivity contribution in [2.24, 2.45) is 0 Å². The summed E-state index contributed by atoms with van der Waals surface area (Å²) in [5.74, 6) is 0. The van der Waals surface area contributed by atoms with Gasteiger partial charge in [0.05, 0.1) is 11.9 Å². The number of rotatable bonds is 8. The Morgan fingerprint density at radius 1 is 1.36 bits per heavy atom. The van der Waals surface area contributed by atoms with Crippen LogP contribution in [0, 0.1) is 0 Å².